The maximum atomic E-state index is 14.4. The van der Waals surface area contributed by atoms with Crippen LogP contribution in [0.15, 0.2) is 22.2 Å². The summed E-state index contributed by atoms with van der Waals surface area (Å²) in [6.07, 6.45) is 17.3. The lowest BCUT2D eigenvalue weighted by Gasteiger charge is -2.68. The Bertz CT molecular complexity index is 1220. The number of allylic oxidation sites excluding steroid dienone is 4. The third-order valence-corrected chi connectivity index (χ3v) is 13.1. The summed E-state index contributed by atoms with van der Waals surface area (Å²) in [5.41, 5.74) is -0.940. The van der Waals surface area contributed by atoms with Crippen LogP contribution in [-0.2, 0) is 19.1 Å². The van der Waals surface area contributed by atoms with E-state index in [-0.39, 0.29) is 51.5 Å². The second-order valence-corrected chi connectivity index (χ2v) is 15.7. The number of carbonyl (C=O) groups excluding carboxylic acids is 3. The van der Waals surface area contributed by atoms with Crippen molar-refractivity contribution in [3.8, 4) is 12.3 Å². The van der Waals surface area contributed by atoms with Gasteiger partial charge in [0.1, 0.15) is 0 Å². The number of hydrogen-bond donors (Lipinski definition) is 0. The predicted octanol–water partition coefficient (Wildman–Crippen LogP) is 7.21. The van der Waals surface area contributed by atoms with Gasteiger partial charge in [0.05, 0.1) is 23.4 Å². The van der Waals surface area contributed by atoms with E-state index in [9.17, 15) is 14.4 Å². The summed E-state index contributed by atoms with van der Waals surface area (Å²) in [4.78, 5) is 40.0. The molecule has 0 saturated heterocycles. The minimum Gasteiger partial charge on any atom is -0.469 e. The highest BCUT2D eigenvalue weighted by atomic mass is 79.9. The van der Waals surface area contributed by atoms with E-state index in [4.69, 9.17) is 11.2 Å². The van der Waals surface area contributed by atoms with Crippen LogP contribution >= 0.6 is 15.9 Å². The molecule has 0 heterocycles. The molecule has 0 spiro atoms. The Morgan fingerprint density at radius 1 is 1.08 bits per heavy atom. The molecule has 5 aliphatic rings. The van der Waals surface area contributed by atoms with Crippen molar-refractivity contribution in [3.05, 3.63) is 22.2 Å². The van der Waals surface area contributed by atoms with Gasteiger partial charge in [0.25, 0.3) is 0 Å². The van der Waals surface area contributed by atoms with Crippen molar-refractivity contribution in [3.63, 3.8) is 0 Å². The second kappa shape index (κ2) is 8.42. The molecule has 0 aromatic heterocycles. The number of halogens is 1. The van der Waals surface area contributed by atoms with E-state index in [0.29, 0.717) is 10.9 Å². The van der Waals surface area contributed by atoms with Gasteiger partial charge >= 0.3 is 5.97 Å². The second-order valence-electron chi connectivity index (χ2n) is 14.8. The normalized spacial score (nSPS) is 47.3. The Hall–Kier alpha value is -1.67. The van der Waals surface area contributed by atoms with Gasteiger partial charge in [-0.1, -0.05) is 53.5 Å². The van der Waals surface area contributed by atoms with E-state index in [0.717, 1.165) is 50.5 Å². The molecule has 206 valence electrons. The van der Waals surface area contributed by atoms with Crippen LogP contribution in [0.5, 0.6) is 0 Å². The summed E-state index contributed by atoms with van der Waals surface area (Å²) >= 11 is 3.59. The largest absolute Gasteiger partial charge is 0.469 e. The molecule has 5 aliphatic carbocycles. The molecule has 0 bridgehead atoms. The number of methoxy groups -OCH3 is 1. The van der Waals surface area contributed by atoms with Crippen LogP contribution < -0.4 is 0 Å². The summed E-state index contributed by atoms with van der Waals surface area (Å²) in [5, 5.41) is 0. The maximum absolute atomic E-state index is 14.4. The fourth-order valence-corrected chi connectivity index (χ4v) is 11.2. The van der Waals surface area contributed by atoms with Gasteiger partial charge in [0, 0.05) is 22.2 Å². The molecule has 0 aromatic carbocycles. The van der Waals surface area contributed by atoms with Gasteiger partial charge in [-0.3, -0.25) is 14.4 Å². The number of Topliss-reactive ketones (excluding diaryl/α,β-unsaturated/α-hetero) is 1. The number of terminal acetylenes is 1. The Morgan fingerprint density at radius 2 is 1.74 bits per heavy atom. The number of hydrogen-bond acceptors (Lipinski definition) is 4. The lowest BCUT2D eigenvalue weighted by molar-refractivity contribution is -0.162. The zero-order chi connectivity index (χ0) is 28.1. The fraction of sp³-hybridized carbons (Fsp3) is 0.727. The van der Waals surface area contributed by atoms with E-state index in [1.807, 2.05) is 6.08 Å². The zero-order valence-corrected chi connectivity index (χ0v) is 25.7. The van der Waals surface area contributed by atoms with Crippen molar-refractivity contribution in [2.45, 2.75) is 92.9 Å². The van der Waals surface area contributed by atoms with Gasteiger partial charge < -0.3 is 4.74 Å². The molecular weight excluding hydrogens is 540 g/mol. The molecule has 0 aromatic rings. The Kier molecular flexibility index (Phi) is 6.18. The first-order valence-electron chi connectivity index (χ1n) is 14.3. The van der Waals surface area contributed by atoms with Crippen molar-refractivity contribution in [2.24, 2.45) is 50.2 Å². The van der Waals surface area contributed by atoms with Crippen LogP contribution in [-0.4, -0.2) is 24.6 Å². The molecule has 0 N–H and O–H groups in total. The van der Waals surface area contributed by atoms with Crippen LogP contribution in [0.25, 0.3) is 0 Å². The third-order valence-electron chi connectivity index (χ3n) is 12.5. The topological polar surface area (TPSA) is 60.4 Å². The van der Waals surface area contributed by atoms with E-state index in [2.05, 4.69) is 69.5 Å². The number of esters is 1. The zero-order valence-electron chi connectivity index (χ0n) is 24.1. The van der Waals surface area contributed by atoms with Gasteiger partial charge in [-0.15, -0.1) is 6.42 Å². The molecule has 5 heteroatoms. The molecule has 1 unspecified atom stereocenters. The van der Waals surface area contributed by atoms with E-state index < -0.39 is 16.2 Å². The predicted molar refractivity (Wildman–Crippen MR) is 152 cm³/mol. The highest BCUT2D eigenvalue weighted by Gasteiger charge is 2.70. The van der Waals surface area contributed by atoms with Crippen molar-refractivity contribution in [1.29, 1.82) is 0 Å². The van der Waals surface area contributed by atoms with Crippen LogP contribution in [0, 0.1) is 62.6 Å². The number of fused-ring (bicyclic) bond motifs is 7. The standard InChI is InChI=1S/C33H43BrO4/c1-9-33-15-14-30(5)13-12-29(4,19-25(36)38-8)17-20(30)26(33)22(35)16-24-31(6)18-21(34)27(37)28(2,3)23(31)10-11-32(24,33)7/h1,16,18,20,23,26H,10-15,17,19H2,2-8H3/t20?,23-,26-,29-,30+,31-,32+,33+/m0/s1. The summed E-state index contributed by atoms with van der Waals surface area (Å²) in [6.45, 7) is 13.2. The lowest BCUT2D eigenvalue weighted by atomic mass is 9.34. The lowest BCUT2D eigenvalue weighted by Crippen LogP contribution is -2.65. The first kappa shape index (κ1) is 27.9. The van der Waals surface area contributed by atoms with Gasteiger partial charge in [0.15, 0.2) is 11.6 Å². The van der Waals surface area contributed by atoms with E-state index in [1.54, 1.807) is 0 Å². The van der Waals surface area contributed by atoms with Crippen LogP contribution in [0.4, 0.5) is 0 Å². The average molecular weight is 584 g/mol. The van der Waals surface area contributed by atoms with Crippen molar-refractivity contribution in [1.82, 2.24) is 0 Å². The fourth-order valence-electron chi connectivity index (χ4n) is 10.2. The third kappa shape index (κ3) is 3.44. The molecule has 38 heavy (non-hydrogen) atoms. The quantitative estimate of drug-likeness (QED) is 0.255. The molecule has 0 aliphatic heterocycles. The highest BCUT2D eigenvalue weighted by molar-refractivity contribution is 9.12. The van der Waals surface area contributed by atoms with Crippen LogP contribution in [0.1, 0.15) is 92.9 Å². The number of ether oxygens (including phenoxy) is 1. The first-order chi connectivity index (χ1) is 17.5. The monoisotopic (exact) mass is 582 g/mol. The molecule has 4 nitrogen and oxygen atoms in total. The molecular formula is C33H43BrO4. The van der Waals surface area contributed by atoms with Gasteiger partial charge in [-0.05, 0) is 95.2 Å². The van der Waals surface area contributed by atoms with Crippen molar-refractivity contribution < 1.29 is 19.1 Å². The van der Waals surface area contributed by atoms with Crippen LogP contribution in [0.3, 0.4) is 0 Å². The van der Waals surface area contributed by atoms with Gasteiger partial charge in [-0.2, -0.15) is 0 Å². The molecule has 3 fully saturated rings. The first-order valence-corrected chi connectivity index (χ1v) is 15.1. The van der Waals surface area contributed by atoms with Crippen molar-refractivity contribution in [2.75, 3.05) is 7.11 Å². The van der Waals surface area contributed by atoms with Crippen molar-refractivity contribution >= 4 is 33.5 Å². The number of ketones is 2. The highest BCUT2D eigenvalue weighted by Crippen LogP contribution is 2.74. The molecule has 0 amide bonds. The Balaban J connectivity index is 1.66. The summed E-state index contributed by atoms with van der Waals surface area (Å²) in [7, 11) is 1.45. The molecule has 3 saturated carbocycles. The Labute approximate surface area is 236 Å². The summed E-state index contributed by atoms with van der Waals surface area (Å²) in [6, 6.07) is 0. The van der Waals surface area contributed by atoms with E-state index >= 15 is 0 Å². The van der Waals surface area contributed by atoms with Gasteiger partial charge in [0.2, 0.25) is 0 Å². The SMILES string of the molecule is C#C[C@@]12CC[C@@]3(C)CC[C@](C)(CC(=O)OC)CC3[C@H]1C(=O)C=C1[C@@]3(C)C=C(Br)C(=O)C(C)(C)[C@@H]3CC[C@]12C. The molecule has 0 radical (unpaired) electrons. The minimum atomic E-state index is -0.582. The smallest absolute Gasteiger partial charge is 0.306 e. The molecule has 8 atom stereocenters. The van der Waals surface area contributed by atoms with Gasteiger partial charge in [-0.25, -0.2) is 0 Å². The molecule has 5 rings (SSSR count). The average Bonchev–Trinajstić information content (AvgIpc) is 2.84. The minimum absolute atomic E-state index is 0.0291. The maximum Gasteiger partial charge on any atom is 0.306 e. The van der Waals surface area contributed by atoms with Crippen LogP contribution in [0.2, 0.25) is 0 Å². The Morgan fingerprint density at radius 3 is 2.37 bits per heavy atom. The van der Waals surface area contributed by atoms with E-state index in [1.165, 1.54) is 7.11 Å². The number of carbonyl (C=O) groups is 3. The summed E-state index contributed by atoms with van der Waals surface area (Å²) in [5.74, 6) is 3.39. The number of rotatable bonds is 2. The summed E-state index contributed by atoms with van der Waals surface area (Å²) < 4.78 is 5.66.